The fourth-order valence-corrected chi connectivity index (χ4v) is 2.81. The molecule has 3 rings (SSSR count). The fourth-order valence-electron chi connectivity index (χ4n) is 2.81. The zero-order valence-corrected chi connectivity index (χ0v) is 13.6. The number of fused-ring (bicyclic) bond motifs is 1. The standard InChI is InChI=1S/C15H24N6O/c1-15(2,3)14-18-17-12-5-6-13(19-21(12)14)20(4)9-10-7-11(22)8-16-10/h5-6,10-11,16,22H,7-9H2,1-4H3/t10-,11+/m0/s1. The molecule has 2 aromatic heterocycles. The van der Waals surface area contributed by atoms with Gasteiger partial charge in [-0.2, -0.15) is 4.52 Å². The van der Waals surface area contributed by atoms with Gasteiger partial charge in [-0.25, -0.2) is 0 Å². The second-order valence-corrected chi connectivity index (χ2v) is 7.11. The number of rotatable bonds is 3. The molecular weight excluding hydrogens is 280 g/mol. The average Bonchev–Trinajstić information content (AvgIpc) is 3.03. The van der Waals surface area contributed by atoms with Crippen LogP contribution in [0.1, 0.15) is 33.0 Å². The minimum absolute atomic E-state index is 0.110. The third-order valence-corrected chi connectivity index (χ3v) is 4.00. The molecule has 0 amide bonds. The van der Waals surface area contributed by atoms with E-state index in [0.717, 1.165) is 30.3 Å². The third-order valence-electron chi connectivity index (χ3n) is 4.00. The number of aliphatic hydroxyl groups excluding tert-OH is 1. The zero-order chi connectivity index (χ0) is 15.9. The maximum Gasteiger partial charge on any atom is 0.178 e. The Morgan fingerprint density at radius 1 is 1.36 bits per heavy atom. The number of anilines is 1. The molecule has 0 radical (unpaired) electrons. The quantitative estimate of drug-likeness (QED) is 0.864. The molecule has 0 saturated carbocycles. The molecule has 0 aromatic carbocycles. The average molecular weight is 304 g/mol. The molecule has 0 bridgehead atoms. The van der Waals surface area contributed by atoms with Crippen LogP contribution in [0.15, 0.2) is 12.1 Å². The molecule has 2 N–H and O–H groups in total. The van der Waals surface area contributed by atoms with Crippen LogP contribution < -0.4 is 10.2 Å². The van der Waals surface area contributed by atoms with Crippen molar-refractivity contribution in [2.24, 2.45) is 0 Å². The van der Waals surface area contributed by atoms with Crippen LogP contribution in [0.25, 0.3) is 5.65 Å². The van der Waals surface area contributed by atoms with Gasteiger partial charge in [-0.3, -0.25) is 0 Å². The molecule has 2 aromatic rings. The molecule has 1 aliphatic rings. The van der Waals surface area contributed by atoms with E-state index >= 15 is 0 Å². The van der Waals surface area contributed by atoms with Gasteiger partial charge in [0, 0.05) is 31.6 Å². The SMILES string of the molecule is CN(C[C@@H]1C[C@@H](O)CN1)c1ccc2nnc(C(C)(C)C)n2n1. The highest BCUT2D eigenvalue weighted by molar-refractivity contribution is 5.45. The van der Waals surface area contributed by atoms with Gasteiger partial charge in [-0.15, -0.1) is 15.3 Å². The van der Waals surface area contributed by atoms with Crippen LogP contribution in [0.3, 0.4) is 0 Å². The van der Waals surface area contributed by atoms with Crippen LogP contribution in [-0.2, 0) is 5.41 Å². The topological polar surface area (TPSA) is 78.6 Å². The number of aromatic nitrogens is 4. The highest BCUT2D eigenvalue weighted by Gasteiger charge is 2.25. The summed E-state index contributed by atoms with van der Waals surface area (Å²) in [4.78, 5) is 2.10. The Balaban J connectivity index is 1.84. The van der Waals surface area contributed by atoms with Crippen LogP contribution in [0, 0.1) is 0 Å². The first-order chi connectivity index (χ1) is 10.3. The maximum absolute atomic E-state index is 9.61. The Kier molecular flexibility index (Phi) is 3.78. The number of β-amino-alcohol motifs (C(OH)–C–C–N with tert-alkyl or cyclic N) is 1. The van der Waals surface area contributed by atoms with Crippen LogP contribution in [0.2, 0.25) is 0 Å². The summed E-state index contributed by atoms with van der Waals surface area (Å²) in [5.41, 5.74) is 0.650. The Bertz CT molecular complexity index is 662. The van der Waals surface area contributed by atoms with Crippen molar-refractivity contribution in [2.45, 2.75) is 44.8 Å². The van der Waals surface area contributed by atoms with E-state index in [-0.39, 0.29) is 11.5 Å². The van der Waals surface area contributed by atoms with Gasteiger partial charge >= 0.3 is 0 Å². The first kappa shape index (κ1) is 15.2. The van der Waals surface area contributed by atoms with E-state index in [2.05, 4.69) is 46.3 Å². The first-order valence-corrected chi connectivity index (χ1v) is 7.70. The van der Waals surface area contributed by atoms with Crippen molar-refractivity contribution >= 4 is 11.5 Å². The number of hydrogen-bond donors (Lipinski definition) is 2. The Morgan fingerprint density at radius 2 is 2.14 bits per heavy atom. The van der Waals surface area contributed by atoms with Crippen molar-refractivity contribution < 1.29 is 5.11 Å². The lowest BCUT2D eigenvalue weighted by molar-refractivity contribution is 0.193. The lowest BCUT2D eigenvalue weighted by Gasteiger charge is -2.22. The monoisotopic (exact) mass is 304 g/mol. The highest BCUT2D eigenvalue weighted by atomic mass is 16.3. The van der Waals surface area contributed by atoms with E-state index in [9.17, 15) is 5.11 Å². The highest BCUT2D eigenvalue weighted by Crippen LogP contribution is 2.21. The lowest BCUT2D eigenvalue weighted by Crippen LogP contribution is -2.35. The number of likely N-dealkylation sites (N-methyl/N-ethyl adjacent to an activating group) is 1. The van der Waals surface area contributed by atoms with Crippen molar-refractivity contribution in [3.8, 4) is 0 Å². The third kappa shape index (κ3) is 2.91. The largest absolute Gasteiger partial charge is 0.392 e. The van der Waals surface area contributed by atoms with E-state index in [1.807, 2.05) is 23.7 Å². The molecule has 1 aliphatic heterocycles. The van der Waals surface area contributed by atoms with Crippen molar-refractivity contribution in [2.75, 3.05) is 25.0 Å². The molecule has 0 aliphatic carbocycles. The van der Waals surface area contributed by atoms with E-state index in [4.69, 9.17) is 0 Å². The summed E-state index contributed by atoms with van der Waals surface area (Å²) in [6.07, 6.45) is 0.547. The summed E-state index contributed by atoms with van der Waals surface area (Å²) < 4.78 is 1.82. The van der Waals surface area contributed by atoms with Crippen molar-refractivity contribution in [3.63, 3.8) is 0 Å². The fraction of sp³-hybridized carbons (Fsp3) is 0.667. The predicted molar refractivity (Wildman–Crippen MR) is 85.2 cm³/mol. The molecule has 7 nitrogen and oxygen atoms in total. The second-order valence-electron chi connectivity index (χ2n) is 7.11. The molecule has 2 atom stereocenters. The molecule has 0 spiro atoms. The Morgan fingerprint density at radius 3 is 2.77 bits per heavy atom. The molecule has 1 fully saturated rings. The van der Waals surface area contributed by atoms with Crippen molar-refractivity contribution in [1.29, 1.82) is 0 Å². The zero-order valence-electron chi connectivity index (χ0n) is 13.6. The molecule has 3 heterocycles. The Hall–Kier alpha value is -1.73. The van der Waals surface area contributed by atoms with Crippen LogP contribution in [0.4, 0.5) is 5.82 Å². The van der Waals surface area contributed by atoms with Gasteiger partial charge in [0.1, 0.15) is 5.82 Å². The molecular formula is C15H24N6O. The second kappa shape index (κ2) is 5.48. The van der Waals surface area contributed by atoms with E-state index in [1.165, 1.54) is 0 Å². The van der Waals surface area contributed by atoms with E-state index in [0.29, 0.717) is 12.6 Å². The van der Waals surface area contributed by atoms with E-state index in [1.54, 1.807) is 0 Å². The smallest absolute Gasteiger partial charge is 0.178 e. The van der Waals surface area contributed by atoms with Crippen LogP contribution >= 0.6 is 0 Å². The summed E-state index contributed by atoms with van der Waals surface area (Å²) in [7, 11) is 2.02. The van der Waals surface area contributed by atoms with Crippen molar-refractivity contribution in [3.05, 3.63) is 18.0 Å². The molecule has 120 valence electrons. The predicted octanol–water partition coefficient (Wildman–Crippen LogP) is 0.581. The minimum atomic E-state index is -0.237. The van der Waals surface area contributed by atoms with Gasteiger partial charge in [-0.05, 0) is 18.6 Å². The molecule has 1 saturated heterocycles. The summed E-state index contributed by atoms with van der Waals surface area (Å²) in [6, 6.07) is 4.19. The lowest BCUT2D eigenvalue weighted by atomic mass is 9.96. The van der Waals surface area contributed by atoms with Gasteiger partial charge in [0.25, 0.3) is 0 Å². The summed E-state index contributed by atoms with van der Waals surface area (Å²) >= 11 is 0. The van der Waals surface area contributed by atoms with Gasteiger partial charge in [0.15, 0.2) is 11.5 Å². The summed E-state index contributed by atoms with van der Waals surface area (Å²) in [5, 5.41) is 26.1. The minimum Gasteiger partial charge on any atom is -0.392 e. The van der Waals surface area contributed by atoms with E-state index < -0.39 is 0 Å². The number of nitrogens with zero attached hydrogens (tertiary/aromatic N) is 5. The van der Waals surface area contributed by atoms with Crippen LogP contribution in [-0.4, -0.2) is 57.2 Å². The molecule has 0 unspecified atom stereocenters. The molecule has 22 heavy (non-hydrogen) atoms. The van der Waals surface area contributed by atoms with Gasteiger partial charge in [-0.1, -0.05) is 20.8 Å². The first-order valence-electron chi connectivity index (χ1n) is 7.70. The van der Waals surface area contributed by atoms with Gasteiger partial charge < -0.3 is 15.3 Å². The number of hydrogen-bond acceptors (Lipinski definition) is 6. The summed E-state index contributed by atoms with van der Waals surface area (Å²) in [6.45, 7) is 7.79. The number of aliphatic hydroxyl groups is 1. The number of nitrogens with one attached hydrogen (secondary N) is 1. The maximum atomic E-state index is 9.61. The van der Waals surface area contributed by atoms with Gasteiger partial charge in [0.05, 0.1) is 6.10 Å². The molecule has 7 heteroatoms. The van der Waals surface area contributed by atoms with Crippen LogP contribution in [0.5, 0.6) is 0 Å². The normalized spacial score (nSPS) is 22.4. The summed E-state index contributed by atoms with van der Waals surface area (Å²) in [5.74, 6) is 1.73. The van der Waals surface area contributed by atoms with Gasteiger partial charge in [0.2, 0.25) is 0 Å². The van der Waals surface area contributed by atoms with Crippen molar-refractivity contribution in [1.82, 2.24) is 25.1 Å². The Labute approximate surface area is 130 Å².